The van der Waals surface area contributed by atoms with Crippen LogP contribution in [0.2, 0.25) is 0 Å². The van der Waals surface area contributed by atoms with Gasteiger partial charge in [-0.05, 0) is 42.3 Å². The summed E-state index contributed by atoms with van der Waals surface area (Å²) in [4.78, 5) is 22.6. The number of benzene rings is 2. The molecule has 6 nitrogen and oxygen atoms in total. The number of aliphatic carboxylic acids is 1. The van der Waals surface area contributed by atoms with Crippen LogP contribution in [0.4, 0.5) is 0 Å². The number of carboxylic acids is 1. The SMILES string of the molecule is N[C@@H](CCCCN(Cc1cc2ccccc2cn1)Cc1cc2ccccc2cn1)C(=O)O. The van der Waals surface area contributed by atoms with Gasteiger partial charge in [-0.25, -0.2) is 0 Å². The molecule has 0 saturated carbocycles. The summed E-state index contributed by atoms with van der Waals surface area (Å²) in [5.74, 6) is -0.942. The third kappa shape index (κ3) is 5.66. The first-order chi connectivity index (χ1) is 15.6. The second-order valence-corrected chi connectivity index (χ2v) is 8.20. The van der Waals surface area contributed by atoms with Crippen molar-refractivity contribution in [3.63, 3.8) is 0 Å². The Morgan fingerprint density at radius 1 is 0.844 bits per heavy atom. The quantitative estimate of drug-likeness (QED) is 0.365. The highest BCUT2D eigenvalue weighted by Crippen LogP contribution is 2.18. The minimum Gasteiger partial charge on any atom is -0.480 e. The van der Waals surface area contributed by atoms with Crippen LogP contribution in [0.5, 0.6) is 0 Å². The molecule has 2 aromatic heterocycles. The number of carboxylic acid groups (broad SMARTS) is 1. The molecule has 0 aliphatic rings. The van der Waals surface area contributed by atoms with E-state index in [1.165, 1.54) is 10.8 Å². The van der Waals surface area contributed by atoms with Gasteiger partial charge in [-0.1, -0.05) is 55.0 Å². The van der Waals surface area contributed by atoms with E-state index in [4.69, 9.17) is 10.8 Å². The van der Waals surface area contributed by atoms with Crippen molar-refractivity contribution in [3.8, 4) is 0 Å². The zero-order valence-corrected chi connectivity index (χ0v) is 18.0. The summed E-state index contributed by atoms with van der Waals surface area (Å²) in [6.07, 6.45) is 5.94. The molecule has 4 rings (SSSR count). The summed E-state index contributed by atoms with van der Waals surface area (Å²) in [5, 5.41) is 13.6. The first-order valence-corrected chi connectivity index (χ1v) is 11.0. The van der Waals surface area contributed by atoms with Crippen LogP contribution in [0.3, 0.4) is 0 Å². The van der Waals surface area contributed by atoms with Crippen molar-refractivity contribution in [2.45, 2.75) is 38.4 Å². The van der Waals surface area contributed by atoms with Crippen LogP contribution in [0.1, 0.15) is 30.7 Å². The minimum absolute atomic E-state index is 0.478. The average molecular weight is 429 g/mol. The van der Waals surface area contributed by atoms with Gasteiger partial charge in [0.25, 0.3) is 0 Å². The maximum Gasteiger partial charge on any atom is 0.320 e. The average Bonchev–Trinajstić information content (AvgIpc) is 2.81. The molecule has 0 bridgehead atoms. The molecule has 1 atom stereocenters. The second-order valence-electron chi connectivity index (χ2n) is 8.20. The molecule has 0 radical (unpaired) electrons. The number of carbonyl (C=O) groups is 1. The molecule has 3 N–H and O–H groups in total. The van der Waals surface area contributed by atoms with E-state index in [0.717, 1.165) is 41.5 Å². The van der Waals surface area contributed by atoms with Gasteiger partial charge in [0, 0.05) is 36.3 Å². The van der Waals surface area contributed by atoms with E-state index < -0.39 is 12.0 Å². The van der Waals surface area contributed by atoms with Crippen LogP contribution < -0.4 is 5.73 Å². The van der Waals surface area contributed by atoms with Crippen molar-refractivity contribution in [1.82, 2.24) is 14.9 Å². The molecule has 0 unspecified atom stereocenters. The zero-order chi connectivity index (χ0) is 22.3. The van der Waals surface area contributed by atoms with Crippen LogP contribution in [-0.4, -0.2) is 38.5 Å². The van der Waals surface area contributed by atoms with Crippen LogP contribution in [-0.2, 0) is 17.9 Å². The lowest BCUT2D eigenvalue weighted by molar-refractivity contribution is -0.138. The number of hydrogen-bond donors (Lipinski definition) is 2. The summed E-state index contributed by atoms with van der Waals surface area (Å²) >= 11 is 0. The van der Waals surface area contributed by atoms with Gasteiger partial charge >= 0.3 is 5.97 Å². The van der Waals surface area contributed by atoms with Gasteiger partial charge in [-0.15, -0.1) is 0 Å². The van der Waals surface area contributed by atoms with Crippen molar-refractivity contribution < 1.29 is 9.90 Å². The molecular weight excluding hydrogens is 400 g/mol. The number of aromatic nitrogens is 2. The molecular formula is C26H28N4O2. The maximum absolute atomic E-state index is 11.0. The lowest BCUT2D eigenvalue weighted by Crippen LogP contribution is -2.30. The van der Waals surface area contributed by atoms with Crippen molar-refractivity contribution in [3.05, 3.63) is 84.4 Å². The van der Waals surface area contributed by atoms with Gasteiger partial charge in [0.15, 0.2) is 0 Å². The van der Waals surface area contributed by atoms with E-state index in [-0.39, 0.29) is 0 Å². The number of pyridine rings is 2. The van der Waals surface area contributed by atoms with Crippen LogP contribution in [0.25, 0.3) is 21.5 Å². The smallest absolute Gasteiger partial charge is 0.320 e. The van der Waals surface area contributed by atoms with Gasteiger partial charge in [0.2, 0.25) is 0 Å². The Bertz CT molecular complexity index is 1130. The molecule has 0 aliphatic heterocycles. The van der Waals surface area contributed by atoms with E-state index in [2.05, 4.69) is 51.3 Å². The summed E-state index contributed by atoms with van der Waals surface area (Å²) in [6.45, 7) is 2.21. The lowest BCUT2D eigenvalue weighted by Gasteiger charge is -2.22. The summed E-state index contributed by atoms with van der Waals surface area (Å²) in [6, 6.07) is 19.9. The van der Waals surface area contributed by atoms with Gasteiger partial charge in [0.1, 0.15) is 6.04 Å². The monoisotopic (exact) mass is 428 g/mol. The molecule has 2 aromatic carbocycles. The van der Waals surface area contributed by atoms with Crippen LogP contribution in [0.15, 0.2) is 73.1 Å². The number of nitrogens with zero attached hydrogens (tertiary/aromatic N) is 3. The largest absolute Gasteiger partial charge is 0.480 e. The molecule has 164 valence electrons. The van der Waals surface area contributed by atoms with E-state index in [1.54, 1.807) is 0 Å². The Balaban J connectivity index is 1.48. The molecule has 4 aromatic rings. The number of nitrogens with two attached hydrogens (primary N) is 1. The topological polar surface area (TPSA) is 92.3 Å². The Hall–Kier alpha value is -3.35. The van der Waals surface area contributed by atoms with Crippen LogP contribution >= 0.6 is 0 Å². The molecule has 0 fully saturated rings. The Labute approximate surface area is 187 Å². The van der Waals surface area contributed by atoms with Crippen molar-refractivity contribution in [2.24, 2.45) is 5.73 Å². The van der Waals surface area contributed by atoms with Crippen LogP contribution in [0, 0.1) is 0 Å². The Morgan fingerprint density at radius 3 is 1.84 bits per heavy atom. The first-order valence-electron chi connectivity index (χ1n) is 11.0. The standard InChI is InChI=1S/C26H28N4O2/c27-25(26(31)32)11-5-6-12-30(17-23-13-19-7-1-3-9-21(19)15-28-23)18-24-14-20-8-2-4-10-22(20)16-29-24/h1-4,7-10,13-16,25H,5-6,11-12,17-18,27H2,(H,31,32)/t25-/m0/s1. The first kappa shape index (κ1) is 21.9. The maximum atomic E-state index is 11.0. The molecule has 0 saturated heterocycles. The highest BCUT2D eigenvalue weighted by atomic mass is 16.4. The summed E-state index contributed by atoms with van der Waals surface area (Å²) < 4.78 is 0. The molecule has 0 aliphatic carbocycles. The summed E-state index contributed by atoms with van der Waals surface area (Å²) in [7, 11) is 0. The predicted octanol–water partition coefficient (Wildman–Crippen LogP) is 4.37. The van der Waals surface area contributed by atoms with E-state index in [9.17, 15) is 4.79 Å². The predicted molar refractivity (Wildman–Crippen MR) is 127 cm³/mol. The highest BCUT2D eigenvalue weighted by molar-refractivity contribution is 5.82. The van der Waals surface area contributed by atoms with Gasteiger partial charge in [0.05, 0.1) is 11.4 Å². The van der Waals surface area contributed by atoms with Crippen molar-refractivity contribution >= 4 is 27.5 Å². The van der Waals surface area contributed by atoms with Crippen molar-refractivity contribution in [1.29, 1.82) is 0 Å². The third-order valence-electron chi connectivity index (χ3n) is 5.70. The molecule has 32 heavy (non-hydrogen) atoms. The zero-order valence-electron chi connectivity index (χ0n) is 18.0. The molecule has 6 heteroatoms. The number of rotatable bonds is 10. The van der Waals surface area contributed by atoms with E-state index >= 15 is 0 Å². The Morgan fingerprint density at radius 2 is 1.34 bits per heavy atom. The molecule has 0 spiro atoms. The fourth-order valence-electron chi connectivity index (χ4n) is 3.93. The number of fused-ring (bicyclic) bond motifs is 2. The van der Waals surface area contributed by atoms with Crippen molar-refractivity contribution in [2.75, 3.05) is 6.54 Å². The van der Waals surface area contributed by atoms with Gasteiger partial charge in [-0.2, -0.15) is 0 Å². The third-order valence-corrected chi connectivity index (χ3v) is 5.70. The van der Waals surface area contributed by atoms with Gasteiger partial charge in [-0.3, -0.25) is 19.7 Å². The molecule has 2 heterocycles. The normalized spacial score (nSPS) is 12.4. The minimum atomic E-state index is -0.942. The lowest BCUT2D eigenvalue weighted by atomic mass is 10.1. The van der Waals surface area contributed by atoms with E-state index in [1.807, 2.05) is 36.7 Å². The molecule has 0 amide bonds. The fraction of sp³-hybridized carbons (Fsp3) is 0.269. The highest BCUT2D eigenvalue weighted by Gasteiger charge is 2.13. The second kappa shape index (κ2) is 10.3. The van der Waals surface area contributed by atoms with E-state index in [0.29, 0.717) is 19.5 Å². The van der Waals surface area contributed by atoms with Gasteiger partial charge < -0.3 is 10.8 Å². The number of hydrogen-bond acceptors (Lipinski definition) is 5. The Kier molecular flexibility index (Phi) is 7.04. The summed E-state index contributed by atoms with van der Waals surface area (Å²) in [5.41, 5.74) is 7.67. The fourth-order valence-corrected chi connectivity index (χ4v) is 3.93. The number of unbranched alkanes of at least 4 members (excludes halogenated alkanes) is 1.